The zero-order chi connectivity index (χ0) is 45.4. The fraction of sp³-hybridized carbons (Fsp3) is 0.489. The van der Waals surface area contributed by atoms with Gasteiger partial charge in [-0.05, 0) is 104 Å². The molecule has 4 N–H and O–H groups in total. The van der Waals surface area contributed by atoms with Crippen molar-refractivity contribution in [3.05, 3.63) is 89.0 Å². The van der Waals surface area contributed by atoms with Crippen LogP contribution in [0.5, 0.6) is 0 Å². The van der Waals surface area contributed by atoms with E-state index in [2.05, 4.69) is 37.6 Å². The highest BCUT2D eigenvalue weighted by molar-refractivity contribution is 5.87. The lowest BCUT2D eigenvalue weighted by molar-refractivity contribution is -0.136. The largest absolute Gasteiger partial charge is 0.453 e. The lowest BCUT2D eigenvalue weighted by Gasteiger charge is -2.33. The van der Waals surface area contributed by atoms with Crippen LogP contribution in [0.15, 0.2) is 54.6 Å². The molecule has 2 unspecified atom stereocenters. The van der Waals surface area contributed by atoms with E-state index in [-0.39, 0.29) is 47.8 Å². The summed E-state index contributed by atoms with van der Waals surface area (Å²) in [6, 6.07) is 13.9. The number of aromatic nitrogens is 4. The van der Waals surface area contributed by atoms with Gasteiger partial charge in [0.05, 0.1) is 54.4 Å². The minimum atomic E-state index is -0.917. The van der Waals surface area contributed by atoms with Gasteiger partial charge in [-0.15, -0.1) is 0 Å². The van der Waals surface area contributed by atoms with E-state index >= 15 is 0 Å². The minimum absolute atomic E-state index is 0.0634. The Morgan fingerprint density at radius 3 is 1.77 bits per heavy atom. The highest BCUT2D eigenvalue weighted by Crippen LogP contribution is 2.43. The van der Waals surface area contributed by atoms with Gasteiger partial charge in [0.25, 0.3) is 0 Å². The van der Waals surface area contributed by atoms with E-state index in [1.165, 1.54) is 26.4 Å². The van der Waals surface area contributed by atoms with E-state index in [1.807, 2.05) is 52.0 Å². The monoisotopic (exact) mass is 881 g/mol. The predicted molar refractivity (Wildman–Crippen MR) is 236 cm³/mol. The molecule has 0 aliphatic carbocycles. The highest BCUT2D eigenvalue weighted by atomic mass is 19.2. The van der Waals surface area contributed by atoms with Crippen molar-refractivity contribution >= 4 is 51.8 Å². The second kappa shape index (κ2) is 18.5. The first kappa shape index (κ1) is 44.4. The molecule has 5 heterocycles. The molecule has 0 radical (unpaired) electrons. The third-order valence-corrected chi connectivity index (χ3v) is 13.1. The third kappa shape index (κ3) is 8.80. The average Bonchev–Trinajstić information content (AvgIpc) is 4.14. The number of anilines is 1. The number of amides is 4. The molecule has 8 rings (SSSR count). The SMILES string of the molecule is COC(=O)NC(C(=O)N1CCC[C@H]1c1nc2ccc([C@H]3CCC(Cc4ccc5nc([C@@H]6CCCN6C(=O)[C@@H](NC(=O)OC)C(C)C)[nH]c5c4)N3c3ccc(F)c(F)c3)cc2[nH]1)C(C)C. The van der Waals surface area contributed by atoms with Crippen LogP contribution in [0.3, 0.4) is 0 Å². The number of likely N-dealkylation sites (tertiary alicyclic amines) is 2. The topological polar surface area (TPSA) is 178 Å². The Bertz CT molecular complexity index is 2540. The fourth-order valence-corrected chi connectivity index (χ4v) is 9.88. The van der Waals surface area contributed by atoms with Gasteiger partial charge >= 0.3 is 12.2 Å². The van der Waals surface area contributed by atoms with E-state index in [9.17, 15) is 28.0 Å². The maximum Gasteiger partial charge on any atom is 0.407 e. The van der Waals surface area contributed by atoms with Crippen LogP contribution in [0, 0.1) is 23.5 Å². The van der Waals surface area contributed by atoms with Crippen LogP contribution >= 0.6 is 0 Å². The summed E-state index contributed by atoms with van der Waals surface area (Å²) in [6.45, 7) is 8.61. The molecule has 0 bridgehead atoms. The maximum atomic E-state index is 14.9. The summed E-state index contributed by atoms with van der Waals surface area (Å²) in [4.78, 5) is 74.3. The van der Waals surface area contributed by atoms with Gasteiger partial charge in [0.15, 0.2) is 11.6 Å². The number of methoxy groups -OCH3 is 2. The fourth-order valence-electron chi connectivity index (χ4n) is 9.88. The molecule has 3 aliphatic heterocycles. The number of nitrogens with zero attached hydrogens (tertiary/aromatic N) is 5. The predicted octanol–water partition coefficient (Wildman–Crippen LogP) is 7.76. The number of hydrogen-bond acceptors (Lipinski definition) is 9. The summed E-state index contributed by atoms with van der Waals surface area (Å²) >= 11 is 0. The van der Waals surface area contributed by atoms with Crippen molar-refractivity contribution < 1.29 is 37.4 Å². The number of carbonyl (C=O) groups excluding carboxylic acids is 4. The Labute approximate surface area is 370 Å². The average molecular weight is 882 g/mol. The number of ether oxygens (including phenoxy) is 2. The summed E-state index contributed by atoms with van der Waals surface area (Å²) in [5.41, 5.74) is 5.75. The van der Waals surface area contributed by atoms with Crippen molar-refractivity contribution in [1.29, 1.82) is 0 Å². The molecule has 17 heteroatoms. The quantitative estimate of drug-likeness (QED) is 0.0976. The van der Waals surface area contributed by atoms with E-state index in [0.29, 0.717) is 36.8 Å². The van der Waals surface area contributed by atoms with E-state index < -0.39 is 35.9 Å². The van der Waals surface area contributed by atoms with Crippen LogP contribution in [-0.4, -0.2) is 99.2 Å². The van der Waals surface area contributed by atoms with E-state index in [1.54, 1.807) is 15.9 Å². The number of alkyl carbamates (subject to hydrolysis) is 2. The highest BCUT2D eigenvalue weighted by Gasteiger charge is 2.40. The lowest BCUT2D eigenvalue weighted by Crippen LogP contribution is -2.51. The number of benzene rings is 3. The number of nitrogens with one attached hydrogen (secondary N) is 4. The molecule has 5 aromatic rings. The molecule has 15 nitrogen and oxygen atoms in total. The first-order valence-electron chi connectivity index (χ1n) is 22.3. The molecule has 3 saturated heterocycles. The molecule has 3 fully saturated rings. The number of hydrogen-bond donors (Lipinski definition) is 4. The number of rotatable bonds is 12. The van der Waals surface area contributed by atoms with Crippen LogP contribution in [0.4, 0.5) is 24.1 Å². The van der Waals surface area contributed by atoms with Crippen molar-refractivity contribution in [2.75, 3.05) is 32.2 Å². The van der Waals surface area contributed by atoms with Gasteiger partial charge in [0, 0.05) is 30.9 Å². The summed E-state index contributed by atoms with van der Waals surface area (Å²) in [7, 11) is 2.55. The number of aromatic amines is 2. The molecule has 0 spiro atoms. The smallest absolute Gasteiger partial charge is 0.407 e. The molecule has 64 heavy (non-hydrogen) atoms. The summed E-state index contributed by atoms with van der Waals surface area (Å²) in [5.74, 6) is -1.15. The molecule has 0 saturated carbocycles. The zero-order valence-corrected chi connectivity index (χ0v) is 37.1. The van der Waals surface area contributed by atoms with Crippen LogP contribution in [0.25, 0.3) is 22.1 Å². The summed E-state index contributed by atoms with van der Waals surface area (Å²) in [6.07, 6.45) is 3.89. The maximum absolute atomic E-state index is 14.9. The second-order valence-electron chi connectivity index (χ2n) is 17.9. The summed E-state index contributed by atoms with van der Waals surface area (Å²) in [5, 5.41) is 5.40. The third-order valence-electron chi connectivity index (χ3n) is 13.1. The standard InChI is InChI=1S/C47H57F2N9O6/c1-25(2)40(54-46(61)63-5)44(59)56-19-7-9-38(56)42-50-33-16-11-27(22-35(33)52-42)21-29-14-18-37(58(29)30-13-15-31(48)32(49)24-30)28-12-17-34-36(23-28)53-43(51-34)39-10-8-20-57(39)45(60)41(26(3)4)55-47(62)64-6/h11-13,15-17,22-26,29,37-41H,7-10,14,18-21H2,1-6H3,(H,50,52)(H,51,53)(H,54,61)(H,55,62)/t29?,37-,38+,39+,40+,41?/m1/s1. The molecule has 3 aliphatic rings. The Balaban J connectivity index is 1.03. The van der Waals surface area contributed by atoms with Crippen molar-refractivity contribution in [2.45, 2.75) is 109 Å². The molecule has 6 atom stereocenters. The normalized spacial score (nSPS) is 21.0. The minimum Gasteiger partial charge on any atom is -0.453 e. The first-order chi connectivity index (χ1) is 30.7. The van der Waals surface area contributed by atoms with Crippen LogP contribution in [-0.2, 0) is 25.5 Å². The van der Waals surface area contributed by atoms with Gasteiger partial charge in [-0.2, -0.15) is 0 Å². The second-order valence-corrected chi connectivity index (χ2v) is 17.9. The summed E-state index contributed by atoms with van der Waals surface area (Å²) < 4.78 is 38.9. The van der Waals surface area contributed by atoms with Crippen molar-refractivity contribution in [1.82, 2.24) is 40.4 Å². The molecule has 2 aromatic heterocycles. The number of carbonyl (C=O) groups is 4. The van der Waals surface area contributed by atoms with E-state index in [0.717, 1.165) is 71.7 Å². The molecular weight excluding hydrogens is 825 g/mol. The Kier molecular flexibility index (Phi) is 12.8. The number of halogens is 2. The van der Waals surface area contributed by atoms with Crippen molar-refractivity contribution in [3.8, 4) is 0 Å². The first-order valence-corrected chi connectivity index (χ1v) is 22.3. The van der Waals surface area contributed by atoms with Gasteiger partial charge in [0.1, 0.15) is 23.7 Å². The molecule has 3 aromatic carbocycles. The number of fused-ring (bicyclic) bond motifs is 2. The van der Waals surface area contributed by atoms with Gasteiger partial charge < -0.3 is 44.8 Å². The Hall–Kier alpha value is -6.26. The van der Waals surface area contributed by atoms with Crippen LogP contribution in [0.2, 0.25) is 0 Å². The molecule has 4 amide bonds. The van der Waals surface area contributed by atoms with Gasteiger partial charge in [-0.1, -0.05) is 39.8 Å². The van der Waals surface area contributed by atoms with Crippen molar-refractivity contribution in [3.63, 3.8) is 0 Å². The zero-order valence-electron chi connectivity index (χ0n) is 37.1. The van der Waals surface area contributed by atoms with Crippen molar-refractivity contribution in [2.24, 2.45) is 11.8 Å². The number of imidazole rings is 2. The van der Waals surface area contributed by atoms with Gasteiger partial charge in [-0.3, -0.25) is 9.59 Å². The van der Waals surface area contributed by atoms with Gasteiger partial charge in [-0.25, -0.2) is 28.3 Å². The molecule has 340 valence electrons. The lowest BCUT2D eigenvalue weighted by atomic mass is 10.0. The number of H-pyrrole nitrogens is 2. The molecular formula is C47H57F2N9O6. The van der Waals surface area contributed by atoms with E-state index in [4.69, 9.17) is 19.4 Å². The van der Waals surface area contributed by atoms with Crippen LogP contribution < -0.4 is 15.5 Å². The Morgan fingerprint density at radius 1 is 0.688 bits per heavy atom. The van der Waals surface area contributed by atoms with Crippen LogP contribution in [0.1, 0.15) is 107 Å². The Morgan fingerprint density at radius 2 is 1.23 bits per heavy atom. The van der Waals surface area contributed by atoms with Gasteiger partial charge in [0.2, 0.25) is 11.8 Å².